The smallest absolute Gasteiger partial charge is 0.300 e. The molecule has 0 fully saturated rings. The topological polar surface area (TPSA) is 57.5 Å². The highest BCUT2D eigenvalue weighted by atomic mass is 16.4. The molecule has 3 nitrogen and oxygen atoms in total. The number of carbonyl (C=O) groups is 1. The van der Waals surface area contributed by atoms with Gasteiger partial charge in [0.1, 0.15) is 0 Å². The molecular weight excluding hydrogens is 228 g/mol. The van der Waals surface area contributed by atoms with Crippen molar-refractivity contribution >= 4 is 5.97 Å². The predicted molar refractivity (Wildman–Crippen MR) is 73.9 cm³/mol. The zero-order valence-corrected chi connectivity index (χ0v) is 11.5. The van der Waals surface area contributed by atoms with Crippen LogP contribution in [0.25, 0.3) is 0 Å². The van der Waals surface area contributed by atoms with Gasteiger partial charge in [-0.1, -0.05) is 38.1 Å². The number of carboxylic acids is 1. The van der Waals surface area contributed by atoms with E-state index in [0.717, 1.165) is 18.9 Å². The summed E-state index contributed by atoms with van der Waals surface area (Å²) in [5.74, 6) is -0.294. The molecule has 18 heavy (non-hydrogen) atoms. The Morgan fingerprint density at radius 2 is 1.78 bits per heavy atom. The SMILES string of the molecule is CC(=CO)Cc1ccccc1C(C)C.CC(=O)O. The van der Waals surface area contributed by atoms with Crippen molar-refractivity contribution in [1.29, 1.82) is 0 Å². The molecule has 0 saturated heterocycles. The molecule has 100 valence electrons. The van der Waals surface area contributed by atoms with Crippen molar-refractivity contribution in [3.63, 3.8) is 0 Å². The molecule has 3 heteroatoms. The number of aliphatic hydroxyl groups excluding tert-OH is 1. The fraction of sp³-hybridized carbons (Fsp3) is 0.400. The summed E-state index contributed by atoms with van der Waals surface area (Å²) in [6, 6.07) is 8.40. The Balaban J connectivity index is 0.000000631. The van der Waals surface area contributed by atoms with Crippen molar-refractivity contribution in [3.05, 3.63) is 47.2 Å². The molecule has 0 unspecified atom stereocenters. The molecule has 0 spiro atoms. The molecule has 1 aromatic rings. The maximum Gasteiger partial charge on any atom is 0.300 e. The number of hydrogen-bond donors (Lipinski definition) is 2. The summed E-state index contributed by atoms with van der Waals surface area (Å²) in [6.45, 7) is 7.41. The van der Waals surface area contributed by atoms with E-state index in [9.17, 15) is 0 Å². The van der Waals surface area contributed by atoms with E-state index < -0.39 is 5.97 Å². The van der Waals surface area contributed by atoms with E-state index in [0.29, 0.717) is 5.92 Å². The summed E-state index contributed by atoms with van der Waals surface area (Å²) < 4.78 is 0. The van der Waals surface area contributed by atoms with Crippen molar-refractivity contribution in [2.24, 2.45) is 0 Å². The van der Waals surface area contributed by atoms with E-state index >= 15 is 0 Å². The van der Waals surface area contributed by atoms with Crippen LogP contribution in [0.1, 0.15) is 44.7 Å². The average molecular weight is 250 g/mol. The first-order chi connectivity index (χ1) is 8.38. The van der Waals surface area contributed by atoms with Crippen LogP contribution in [0, 0.1) is 0 Å². The third-order valence-electron chi connectivity index (χ3n) is 2.37. The van der Waals surface area contributed by atoms with Crippen molar-refractivity contribution in [3.8, 4) is 0 Å². The molecule has 0 aliphatic rings. The lowest BCUT2D eigenvalue weighted by Crippen LogP contribution is -1.96. The first-order valence-corrected chi connectivity index (χ1v) is 5.95. The highest BCUT2D eigenvalue weighted by molar-refractivity contribution is 5.62. The molecular formula is C15H22O3. The van der Waals surface area contributed by atoms with Crippen LogP contribution in [0.15, 0.2) is 36.1 Å². The number of aliphatic hydroxyl groups is 1. The van der Waals surface area contributed by atoms with E-state index in [2.05, 4.69) is 32.0 Å². The lowest BCUT2D eigenvalue weighted by atomic mass is 9.94. The highest BCUT2D eigenvalue weighted by Gasteiger charge is 2.05. The van der Waals surface area contributed by atoms with E-state index in [1.54, 1.807) is 0 Å². The quantitative estimate of drug-likeness (QED) is 0.800. The molecule has 0 bridgehead atoms. The highest BCUT2D eigenvalue weighted by Crippen LogP contribution is 2.21. The number of allylic oxidation sites excluding steroid dienone is 1. The van der Waals surface area contributed by atoms with Crippen LogP contribution >= 0.6 is 0 Å². The van der Waals surface area contributed by atoms with Gasteiger partial charge in [0.15, 0.2) is 0 Å². The largest absolute Gasteiger partial charge is 0.516 e. The zero-order chi connectivity index (χ0) is 14.1. The molecule has 0 amide bonds. The number of benzene rings is 1. The second kappa shape index (κ2) is 8.34. The van der Waals surface area contributed by atoms with Gasteiger partial charge in [0.25, 0.3) is 5.97 Å². The van der Waals surface area contributed by atoms with Crippen LogP contribution in [0.3, 0.4) is 0 Å². The first-order valence-electron chi connectivity index (χ1n) is 5.95. The number of aliphatic carboxylic acids is 1. The van der Waals surface area contributed by atoms with E-state index in [4.69, 9.17) is 15.0 Å². The van der Waals surface area contributed by atoms with Crippen LogP contribution in [0.4, 0.5) is 0 Å². The fourth-order valence-corrected chi connectivity index (χ4v) is 1.60. The van der Waals surface area contributed by atoms with Crippen LogP contribution in [-0.4, -0.2) is 16.2 Å². The van der Waals surface area contributed by atoms with Gasteiger partial charge in [-0.15, -0.1) is 0 Å². The Hall–Kier alpha value is -1.77. The summed E-state index contributed by atoms with van der Waals surface area (Å²) >= 11 is 0. The molecule has 1 aromatic carbocycles. The second-order valence-corrected chi connectivity index (χ2v) is 4.52. The average Bonchev–Trinajstić information content (AvgIpc) is 2.28. The van der Waals surface area contributed by atoms with Crippen molar-refractivity contribution in [2.45, 2.75) is 40.0 Å². The molecule has 0 aliphatic heterocycles. The Morgan fingerprint density at radius 1 is 1.28 bits per heavy atom. The summed E-state index contributed by atoms with van der Waals surface area (Å²) in [5.41, 5.74) is 3.68. The minimum atomic E-state index is -0.833. The molecule has 0 radical (unpaired) electrons. The monoisotopic (exact) mass is 250 g/mol. The number of rotatable bonds is 3. The van der Waals surface area contributed by atoms with E-state index in [1.165, 1.54) is 17.4 Å². The maximum atomic E-state index is 9.00. The van der Waals surface area contributed by atoms with Gasteiger partial charge in [0, 0.05) is 6.92 Å². The van der Waals surface area contributed by atoms with Gasteiger partial charge in [-0.2, -0.15) is 0 Å². The summed E-state index contributed by atoms with van der Waals surface area (Å²) in [5, 5.41) is 16.3. The van der Waals surface area contributed by atoms with Gasteiger partial charge in [-0.3, -0.25) is 4.79 Å². The van der Waals surface area contributed by atoms with Gasteiger partial charge < -0.3 is 10.2 Å². The van der Waals surface area contributed by atoms with Crippen LogP contribution in [0.2, 0.25) is 0 Å². The van der Waals surface area contributed by atoms with Crippen LogP contribution < -0.4 is 0 Å². The minimum absolute atomic E-state index is 0.540. The van der Waals surface area contributed by atoms with Crippen molar-refractivity contribution in [2.75, 3.05) is 0 Å². The standard InChI is InChI=1S/C13H18O.C2H4O2/c1-10(2)13-7-5-4-6-12(13)8-11(3)9-14;1-2(3)4/h4-7,9-10,14H,8H2,1-3H3;1H3,(H,3,4). The molecule has 0 atom stereocenters. The summed E-state index contributed by atoms with van der Waals surface area (Å²) in [4.78, 5) is 9.00. The third kappa shape index (κ3) is 6.74. The lowest BCUT2D eigenvalue weighted by Gasteiger charge is -2.12. The zero-order valence-electron chi connectivity index (χ0n) is 11.5. The molecule has 0 saturated carbocycles. The number of carboxylic acid groups (broad SMARTS) is 1. The van der Waals surface area contributed by atoms with Gasteiger partial charge in [0.05, 0.1) is 6.26 Å². The summed E-state index contributed by atoms with van der Waals surface area (Å²) in [7, 11) is 0. The molecule has 2 N–H and O–H groups in total. The third-order valence-corrected chi connectivity index (χ3v) is 2.37. The summed E-state index contributed by atoms with van der Waals surface area (Å²) in [6.07, 6.45) is 2.03. The second-order valence-electron chi connectivity index (χ2n) is 4.52. The molecule has 0 aliphatic carbocycles. The van der Waals surface area contributed by atoms with Gasteiger partial charge in [-0.25, -0.2) is 0 Å². The lowest BCUT2D eigenvalue weighted by molar-refractivity contribution is -0.134. The molecule has 1 rings (SSSR count). The normalized spacial score (nSPS) is 10.8. The first kappa shape index (κ1) is 16.2. The Kier molecular flexibility index (Phi) is 7.52. The van der Waals surface area contributed by atoms with Gasteiger partial charge in [-0.05, 0) is 36.0 Å². The fourth-order valence-electron chi connectivity index (χ4n) is 1.60. The van der Waals surface area contributed by atoms with Crippen molar-refractivity contribution in [1.82, 2.24) is 0 Å². The van der Waals surface area contributed by atoms with Gasteiger partial charge in [0.2, 0.25) is 0 Å². The molecule has 0 heterocycles. The maximum absolute atomic E-state index is 9.00. The van der Waals surface area contributed by atoms with E-state index in [-0.39, 0.29) is 0 Å². The van der Waals surface area contributed by atoms with Crippen molar-refractivity contribution < 1.29 is 15.0 Å². The van der Waals surface area contributed by atoms with Crippen LogP contribution in [0.5, 0.6) is 0 Å². The van der Waals surface area contributed by atoms with Crippen LogP contribution in [-0.2, 0) is 11.2 Å². The van der Waals surface area contributed by atoms with E-state index in [1.807, 2.05) is 13.0 Å². The Bertz CT molecular complexity index is 402. The Labute approximate surface area is 109 Å². The van der Waals surface area contributed by atoms with Gasteiger partial charge >= 0.3 is 0 Å². The number of hydrogen-bond acceptors (Lipinski definition) is 2. The predicted octanol–water partition coefficient (Wildman–Crippen LogP) is 3.91. The Morgan fingerprint density at radius 3 is 2.22 bits per heavy atom. The molecule has 0 aromatic heterocycles. The minimum Gasteiger partial charge on any atom is -0.516 e.